The molecule has 6 nitrogen and oxygen atoms in total. The van der Waals surface area contributed by atoms with Gasteiger partial charge in [-0.2, -0.15) is 0 Å². The van der Waals surface area contributed by atoms with Gasteiger partial charge in [-0.3, -0.25) is 4.79 Å². The Kier molecular flexibility index (Phi) is 4.55. The SMILES string of the molecule is Cc1ccc(OCCNS(=O)(=O)c2ccc3c(c2)CC(=O)N3)cc1. The van der Waals surface area contributed by atoms with Crippen LogP contribution in [0.2, 0.25) is 0 Å². The molecule has 3 rings (SSSR count). The summed E-state index contributed by atoms with van der Waals surface area (Å²) in [6.07, 6.45) is 0.204. The molecule has 0 radical (unpaired) electrons. The Balaban J connectivity index is 1.57. The van der Waals surface area contributed by atoms with Crippen molar-refractivity contribution >= 4 is 21.6 Å². The summed E-state index contributed by atoms with van der Waals surface area (Å²) in [6, 6.07) is 12.2. The number of anilines is 1. The van der Waals surface area contributed by atoms with Crippen LogP contribution < -0.4 is 14.8 Å². The quantitative estimate of drug-likeness (QED) is 0.782. The Bertz CT molecular complexity index is 861. The molecule has 0 spiro atoms. The van der Waals surface area contributed by atoms with Crippen molar-refractivity contribution in [3.05, 3.63) is 53.6 Å². The van der Waals surface area contributed by atoms with Crippen LogP contribution in [-0.2, 0) is 21.2 Å². The number of sulfonamides is 1. The summed E-state index contributed by atoms with van der Waals surface area (Å²) in [4.78, 5) is 11.5. The summed E-state index contributed by atoms with van der Waals surface area (Å²) in [5.41, 5.74) is 2.49. The molecule has 0 saturated heterocycles. The van der Waals surface area contributed by atoms with Crippen LogP contribution in [0.15, 0.2) is 47.4 Å². The molecule has 0 aliphatic carbocycles. The highest BCUT2D eigenvalue weighted by Crippen LogP contribution is 2.25. The van der Waals surface area contributed by atoms with E-state index < -0.39 is 10.0 Å². The first-order chi connectivity index (χ1) is 11.4. The molecule has 126 valence electrons. The fourth-order valence-electron chi connectivity index (χ4n) is 2.44. The first kappa shape index (κ1) is 16.5. The molecule has 1 amide bonds. The molecule has 0 saturated carbocycles. The molecule has 2 N–H and O–H groups in total. The number of fused-ring (bicyclic) bond motifs is 1. The zero-order valence-corrected chi connectivity index (χ0v) is 14.0. The highest BCUT2D eigenvalue weighted by Gasteiger charge is 2.21. The molecule has 2 aromatic rings. The summed E-state index contributed by atoms with van der Waals surface area (Å²) in [5.74, 6) is 0.570. The number of carbonyl (C=O) groups is 1. The molecule has 0 fully saturated rings. The fourth-order valence-corrected chi connectivity index (χ4v) is 3.50. The van der Waals surface area contributed by atoms with E-state index in [-0.39, 0.29) is 30.4 Å². The van der Waals surface area contributed by atoms with Gasteiger partial charge in [-0.05, 0) is 42.8 Å². The van der Waals surface area contributed by atoms with Crippen molar-refractivity contribution in [1.29, 1.82) is 0 Å². The minimum Gasteiger partial charge on any atom is -0.492 e. The Morgan fingerprint density at radius 3 is 2.67 bits per heavy atom. The molecule has 1 aliphatic heterocycles. The second kappa shape index (κ2) is 6.62. The Morgan fingerprint density at radius 2 is 1.92 bits per heavy atom. The van der Waals surface area contributed by atoms with Crippen molar-refractivity contribution in [2.45, 2.75) is 18.2 Å². The molecular weight excluding hydrogens is 328 g/mol. The molecule has 2 aromatic carbocycles. The number of rotatable bonds is 6. The van der Waals surface area contributed by atoms with E-state index in [1.165, 1.54) is 12.1 Å². The van der Waals surface area contributed by atoms with E-state index in [0.29, 0.717) is 17.0 Å². The monoisotopic (exact) mass is 346 g/mol. The van der Waals surface area contributed by atoms with Gasteiger partial charge < -0.3 is 10.1 Å². The first-order valence-electron chi connectivity index (χ1n) is 7.56. The summed E-state index contributed by atoms with van der Waals surface area (Å²) in [7, 11) is -3.63. The molecule has 24 heavy (non-hydrogen) atoms. The van der Waals surface area contributed by atoms with E-state index in [2.05, 4.69) is 10.0 Å². The van der Waals surface area contributed by atoms with Crippen LogP contribution in [0.3, 0.4) is 0 Å². The number of nitrogens with one attached hydrogen (secondary N) is 2. The van der Waals surface area contributed by atoms with Gasteiger partial charge in [0.05, 0.1) is 11.3 Å². The van der Waals surface area contributed by atoms with Gasteiger partial charge in [0.2, 0.25) is 15.9 Å². The second-order valence-corrected chi connectivity index (χ2v) is 7.37. The molecule has 0 aromatic heterocycles. The molecule has 0 bridgehead atoms. The second-order valence-electron chi connectivity index (χ2n) is 5.60. The van der Waals surface area contributed by atoms with E-state index in [0.717, 1.165) is 5.56 Å². The average Bonchev–Trinajstić information content (AvgIpc) is 2.92. The third-order valence-corrected chi connectivity index (χ3v) is 5.15. The predicted molar refractivity (Wildman–Crippen MR) is 90.6 cm³/mol. The number of amides is 1. The average molecular weight is 346 g/mol. The lowest BCUT2D eigenvalue weighted by Gasteiger charge is -2.09. The van der Waals surface area contributed by atoms with Gasteiger partial charge in [-0.15, -0.1) is 0 Å². The largest absolute Gasteiger partial charge is 0.492 e. The van der Waals surface area contributed by atoms with Gasteiger partial charge >= 0.3 is 0 Å². The standard InChI is InChI=1S/C17H18N2O4S/c1-12-2-4-14(5-3-12)23-9-8-18-24(21,22)15-6-7-16-13(10-15)11-17(20)19-16/h2-7,10,18H,8-9,11H2,1H3,(H,19,20). The molecule has 1 aliphatic rings. The number of benzene rings is 2. The zero-order valence-electron chi connectivity index (χ0n) is 13.2. The van der Waals surface area contributed by atoms with Crippen LogP contribution in [-0.4, -0.2) is 27.5 Å². The number of aryl methyl sites for hydroxylation is 1. The maximum absolute atomic E-state index is 12.3. The molecule has 0 unspecified atom stereocenters. The van der Waals surface area contributed by atoms with E-state index in [4.69, 9.17) is 4.74 Å². The highest BCUT2D eigenvalue weighted by molar-refractivity contribution is 7.89. The lowest BCUT2D eigenvalue weighted by molar-refractivity contribution is -0.115. The van der Waals surface area contributed by atoms with Gasteiger partial charge in [0.25, 0.3) is 0 Å². The van der Waals surface area contributed by atoms with Gasteiger partial charge in [0.1, 0.15) is 12.4 Å². The van der Waals surface area contributed by atoms with E-state index in [1.54, 1.807) is 6.07 Å². The number of hydrogen-bond donors (Lipinski definition) is 2. The number of hydrogen-bond acceptors (Lipinski definition) is 4. The van der Waals surface area contributed by atoms with Crippen molar-refractivity contribution in [3.63, 3.8) is 0 Å². The number of ether oxygens (including phenoxy) is 1. The summed E-state index contributed by atoms with van der Waals surface area (Å²) in [6.45, 7) is 2.37. The Morgan fingerprint density at radius 1 is 1.17 bits per heavy atom. The summed E-state index contributed by atoms with van der Waals surface area (Å²) < 4.78 is 32.6. The Hall–Kier alpha value is -2.38. The van der Waals surface area contributed by atoms with Crippen LogP contribution in [0, 0.1) is 6.92 Å². The van der Waals surface area contributed by atoms with Crippen molar-refractivity contribution in [2.75, 3.05) is 18.5 Å². The maximum atomic E-state index is 12.3. The summed E-state index contributed by atoms with van der Waals surface area (Å²) in [5, 5.41) is 2.68. The molecule has 7 heteroatoms. The third-order valence-electron chi connectivity index (χ3n) is 3.70. The van der Waals surface area contributed by atoms with Crippen molar-refractivity contribution in [1.82, 2.24) is 4.72 Å². The summed E-state index contributed by atoms with van der Waals surface area (Å²) >= 11 is 0. The first-order valence-corrected chi connectivity index (χ1v) is 9.04. The highest BCUT2D eigenvalue weighted by atomic mass is 32.2. The van der Waals surface area contributed by atoms with Gasteiger partial charge in [-0.25, -0.2) is 13.1 Å². The molecule has 1 heterocycles. The van der Waals surface area contributed by atoms with Crippen molar-refractivity contribution in [2.24, 2.45) is 0 Å². The van der Waals surface area contributed by atoms with Crippen LogP contribution in [0.25, 0.3) is 0 Å². The topological polar surface area (TPSA) is 84.5 Å². The normalized spacial score (nSPS) is 13.5. The van der Waals surface area contributed by atoms with Crippen LogP contribution >= 0.6 is 0 Å². The van der Waals surface area contributed by atoms with E-state index in [1.807, 2.05) is 31.2 Å². The van der Waals surface area contributed by atoms with E-state index >= 15 is 0 Å². The lowest BCUT2D eigenvalue weighted by Crippen LogP contribution is -2.28. The number of carbonyl (C=O) groups excluding carboxylic acids is 1. The minimum absolute atomic E-state index is 0.126. The van der Waals surface area contributed by atoms with Crippen molar-refractivity contribution < 1.29 is 17.9 Å². The van der Waals surface area contributed by atoms with Gasteiger partial charge in [0.15, 0.2) is 0 Å². The molecular formula is C17H18N2O4S. The van der Waals surface area contributed by atoms with E-state index in [9.17, 15) is 13.2 Å². The van der Waals surface area contributed by atoms with Gasteiger partial charge in [0, 0.05) is 12.2 Å². The molecule has 0 atom stereocenters. The predicted octanol–water partition coefficient (Wildman–Crippen LogP) is 1.85. The maximum Gasteiger partial charge on any atom is 0.240 e. The smallest absolute Gasteiger partial charge is 0.240 e. The zero-order chi connectivity index (χ0) is 17.2. The Labute approximate surface area is 140 Å². The van der Waals surface area contributed by atoms with Crippen LogP contribution in [0.5, 0.6) is 5.75 Å². The van der Waals surface area contributed by atoms with Crippen LogP contribution in [0.4, 0.5) is 5.69 Å². The van der Waals surface area contributed by atoms with Gasteiger partial charge in [-0.1, -0.05) is 17.7 Å². The minimum atomic E-state index is -3.63. The lowest BCUT2D eigenvalue weighted by atomic mass is 10.2. The third kappa shape index (κ3) is 3.74. The van der Waals surface area contributed by atoms with Crippen molar-refractivity contribution in [3.8, 4) is 5.75 Å². The van der Waals surface area contributed by atoms with Crippen LogP contribution in [0.1, 0.15) is 11.1 Å². The fraction of sp³-hybridized carbons (Fsp3) is 0.235.